The van der Waals surface area contributed by atoms with E-state index in [2.05, 4.69) is 10.6 Å². The molecule has 1 aromatic carbocycles. The Balaban J connectivity index is 2.01. The van der Waals surface area contributed by atoms with Crippen LogP contribution in [0.25, 0.3) is 0 Å². The number of hydrogen-bond acceptors (Lipinski definition) is 3. The van der Waals surface area contributed by atoms with Crippen LogP contribution >= 0.6 is 11.8 Å². The van der Waals surface area contributed by atoms with Crippen LogP contribution in [0.5, 0.6) is 5.75 Å². The summed E-state index contributed by atoms with van der Waals surface area (Å²) >= 11 is 1.49. The molecule has 0 saturated heterocycles. The van der Waals surface area contributed by atoms with E-state index < -0.39 is 0 Å². The normalized spacial score (nSPS) is 18.2. The first-order valence-corrected chi connectivity index (χ1v) is 5.08. The number of ether oxygens (including phenoxy) is 1. The van der Waals surface area contributed by atoms with Crippen molar-refractivity contribution in [2.24, 2.45) is 0 Å². The Morgan fingerprint density at radius 3 is 3.00 bits per heavy atom. The third-order valence-corrected chi connectivity index (χ3v) is 2.81. The SMILES string of the molecule is CNC(=O)NC1Oc2ccccc2S1. The fourth-order valence-corrected chi connectivity index (χ4v) is 2.08. The second-order valence-corrected chi connectivity index (χ2v) is 3.84. The molecule has 1 unspecified atom stereocenters. The molecule has 1 aliphatic heterocycles. The first-order chi connectivity index (χ1) is 6.79. The lowest BCUT2D eigenvalue weighted by atomic mass is 10.3. The van der Waals surface area contributed by atoms with E-state index >= 15 is 0 Å². The van der Waals surface area contributed by atoms with Crippen molar-refractivity contribution >= 4 is 17.8 Å². The Labute approximate surface area is 86.0 Å². The highest BCUT2D eigenvalue weighted by atomic mass is 32.2. The van der Waals surface area contributed by atoms with Gasteiger partial charge in [0.15, 0.2) is 0 Å². The van der Waals surface area contributed by atoms with E-state index in [4.69, 9.17) is 4.74 Å². The molecule has 2 rings (SSSR count). The van der Waals surface area contributed by atoms with E-state index in [1.807, 2.05) is 24.3 Å². The van der Waals surface area contributed by atoms with Crippen molar-refractivity contribution in [3.8, 4) is 5.75 Å². The number of fused-ring (bicyclic) bond motifs is 1. The maximum atomic E-state index is 11.0. The summed E-state index contributed by atoms with van der Waals surface area (Å²) < 4.78 is 5.47. The Morgan fingerprint density at radius 2 is 2.29 bits per heavy atom. The second-order valence-electron chi connectivity index (χ2n) is 2.74. The van der Waals surface area contributed by atoms with Crippen molar-refractivity contribution in [3.63, 3.8) is 0 Å². The molecule has 0 aromatic heterocycles. The lowest BCUT2D eigenvalue weighted by Crippen LogP contribution is -2.40. The molecule has 1 aromatic rings. The molecule has 5 heteroatoms. The molecule has 74 valence electrons. The van der Waals surface area contributed by atoms with Gasteiger partial charge in [-0.3, -0.25) is 5.32 Å². The number of nitrogens with one attached hydrogen (secondary N) is 2. The first-order valence-electron chi connectivity index (χ1n) is 4.20. The molecule has 1 atom stereocenters. The van der Waals surface area contributed by atoms with Gasteiger partial charge in [0.05, 0.1) is 4.90 Å². The Hall–Kier alpha value is -1.36. The van der Waals surface area contributed by atoms with Gasteiger partial charge in [-0.1, -0.05) is 23.9 Å². The molecule has 0 radical (unpaired) electrons. The number of urea groups is 1. The van der Waals surface area contributed by atoms with Gasteiger partial charge in [-0.15, -0.1) is 0 Å². The van der Waals surface area contributed by atoms with Gasteiger partial charge < -0.3 is 10.1 Å². The standard InChI is InChI=1S/C9H10N2O2S/c1-10-8(12)11-9-13-6-4-2-3-5-7(6)14-9/h2-5,9H,1H3,(H2,10,11,12). The predicted molar refractivity (Wildman–Crippen MR) is 54.3 cm³/mol. The summed E-state index contributed by atoms with van der Waals surface area (Å²) in [6.07, 6.45) is 0. The van der Waals surface area contributed by atoms with Crippen molar-refractivity contribution in [1.29, 1.82) is 0 Å². The van der Waals surface area contributed by atoms with E-state index in [1.54, 1.807) is 7.05 Å². The Morgan fingerprint density at radius 1 is 1.50 bits per heavy atom. The van der Waals surface area contributed by atoms with Crippen LogP contribution in [-0.4, -0.2) is 18.6 Å². The molecule has 0 fully saturated rings. The van der Waals surface area contributed by atoms with Crippen LogP contribution in [0.4, 0.5) is 4.79 Å². The number of amides is 2. The highest BCUT2D eigenvalue weighted by Gasteiger charge is 2.23. The van der Waals surface area contributed by atoms with Gasteiger partial charge in [-0.05, 0) is 12.1 Å². The summed E-state index contributed by atoms with van der Waals surface area (Å²) in [5.41, 5.74) is -0.327. The second kappa shape index (κ2) is 3.79. The fraction of sp³-hybridized carbons (Fsp3) is 0.222. The van der Waals surface area contributed by atoms with E-state index in [-0.39, 0.29) is 11.6 Å². The van der Waals surface area contributed by atoms with Crippen LogP contribution in [0, 0.1) is 0 Å². The zero-order valence-electron chi connectivity index (χ0n) is 7.61. The van der Waals surface area contributed by atoms with Crippen molar-refractivity contribution in [2.75, 3.05) is 7.05 Å². The molecule has 0 aliphatic carbocycles. The van der Waals surface area contributed by atoms with Crippen LogP contribution < -0.4 is 15.4 Å². The van der Waals surface area contributed by atoms with Crippen molar-refractivity contribution in [1.82, 2.24) is 10.6 Å². The predicted octanol–water partition coefficient (Wildman–Crippen LogP) is 1.38. The van der Waals surface area contributed by atoms with Crippen LogP contribution in [-0.2, 0) is 0 Å². The number of benzene rings is 1. The largest absolute Gasteiger partial charge is 0.460 e. The molecule has 0 bridgehead atoms. The number of carbonyl (C=O) groups is 1. The molecular weight excluding hydrogens is 200 g/mol. The molecule has 0 saturated carbocycles. The number of hydrogen-bond donors (Lipinski definition) is 2. The fourth-order valence-electron chi connectivity index (χ4n) is 1.14. The molecular formula is C9H10N2O2S. The van der Waals surface area contributed by atoms with Gasteiger partial charge in [-0.25, -0.2) is 4.79 Å². The number of carbonyl (C=O) groups excluding carboxylic acids is 1. The molecule has 2 N–H and O–H groups in total. The summed E-state index contributed by atoms with van der Waals surface area (Å²) in [7, 11) is 1.57. The van der Waals surface area contributed by atoms with Crippen LogP contribution in [0.3, 0.4) is 0 Å². The number of para-hydroxylation sites is 1. The average molecular weight is 210 g/mol. The van der Waals surface area contributed by atoms with Crippen molar-refractivity contribution in [3.05, 3.63) is 24.3 Å². The maximum absolute atomic E-state index is 11.0. The number of thioether (sulfide) groups is 1. The number of rotatable bonds is 1. The molecule has 2 amide bonds. The third-order valence-electron chi connectivity index (χ3n) is 1.79. The van der Waals surface area contributed by atoms with Gasteiger partial charge in [0.1, 0.15) is 5.75 Å². The highest BCUT2D eigenvalue weighted by molar-refractivity contribution is 8.00. The lowest BCUT2D eigenvalue weighted by molar-refractivity contribution is 0.217. The minimum atomic E-state index is -0.327. The summed E-state index contributed by atoms with van der Waals surface area (Å²) in [6.45, 7) is 0. The topological polar surface area (TPSA) is 50.4 Å². The summed E-state index contributed by atoms with van der Waals surface area (Å²) in [6, 6.07) is 7.45. The third kappa shape index (κ3) is 1.77. The lowest BCUT2D eigenvalue weighted by Gasteiger charge is -2.10. The van der Waals surface area contributed by atoms with Gasteiger partial charge in [0, 0.05) is 7.05 Å². The molecule has 0 spiro atoms. The monoisotopic (exact) mass is 210 g/mol. The average Bonchev–Trinajstić information content (AvgIpc) is 2.59. The minimum Gasteiger partial charge on any atom is -0.460 e. The van der Waals surface area contributed by atoms with Crippen LogP contribution in [0.1, 0.15) is 0 Å². The van der Waals surface area contributed by atoms with Gasteiger partial charge >= 0.3 is 6.03 Å². The molecule has 4 nitrogen and oxygen atoms in total. The maximum Gasteiger partial charge on any atom is 0.318 e. The molecule has 14 heavy (non-hydrogen) atoms. The Kier molecular flexibility index (Phi) is 2.49. The van der Waals surface area contributed by atoms with E-state index in [0.717, 1.165) is 10.6 Å². The van der Waals surface area contributed by atoms with E-state index in [0.29, 0.717) is 0 Å². The summed E-state index contributed by atoms with van der Waals surface area (Å²) in [5.74, 6) is 0.818. The highest BCUT2D eigenvalue weighted by Crippen LogP contribution is 2.38. The van der Waals surface area contributed by atoms with Crippen molar-refractivity contribution in [2.45, 2.75) is 10.5 Å². The molecule has 1 heterocycles. The van der Waals surface area contributed by atoms with Crippen LogP contribution in [0.2, 0.25) is 0 Å². The summed E-state index contributed by atoms with van der Waals surface area (Å²) in [5, 5.41) is 5.14. The van der Waals surface area contributed by atoms with E-state index in [1.165, 1.54) is 11.8 Å². The zero-order valence-corrected chi connectivity index (χ0v) is 8.43. The van der Waals surface area contributed by atoms with Crippen LogP contribution in [0.15, 0.2) is 29.2 Å². The minimum absolute atomic E-state index is 0.240. The summed E-state index contributed by atoms with van der Waals surface area (Å²) in [4.78, 5) is 12.1. The first kappa shape index (κ1) is 9.21. The van der Waals surface area contributed by atoms with Gasteiger partial charge in [-0.2, -0.15) is 0 Å². The van der Waals surface area contributed by atoms with Gasteiger partial charge in [0.2, 0.25) is 5.56 Å². The molecule has 1 aliphatic rings. The zero-order chi connectivity index (χ0) is 9.97. The Bertz CT molecular complexity index is 331. The van der Waals surface area contributed by atoms with Crippen molar-refractivity contribution < 1.29 is 9.53 Å². The smallest absolute Gasteiger partial charge is 0.318 e. The quantitative estimate of drug-likeness (QED) is 0.736. The van der Waals surface area contributed by atoms with Gasteiger partial charge in [0.25, 0.3) is 0 Å². The van der Waals surface area contributed by atoms with E-state index in [9.17, 15) is 4.79 Å².